The summed E-state index contributed by atoms with van der Waals surface area (Å²) in [7, 11) is -24.0. The summed E-state index contributed by atoms with van der Waals surface area (Å²) in [5.41, 5.74) is 0. The minimum Gasteiger partial charge on any atom is -0.324 e. The fraction of sp³-hybridized carbons (Fsp3) is 1.00. The first kappa shape index (κ1) is 27.5. The molecule has 0 amide bonds. The normalized spacial score (nSPS) is 23.8. The van der Waals surface area contributed by atoms with Gasteiger partial charge in [-0.2, -0.15) is 0 Å². The summed E-state index contributed by atoms with van der Waals surface area (Å²) in [5, 5.41) is 0. The van der Waals surface area contributed by atoms with Crippen LogP contribution in [0.3, 0.4) is 0 Å². The molecular formula is C8H22N2O14P4S. The van der Waals surface area contributed by atoms with Gasteiger partial charge in [0.2, 0.25) is 0 Å². The SMILES string of the molecule is O=P(O)(O)CN(CP(=O)(O)O)C1CS(=O)(=O)CC1N(CP(=O)(O)O)CP(=O)(O)O. The molecule has 0 aromatic heterocycles. The van der Waals surface area contributed by atoms with E-state index in [1.807, 2.05) is 0 Å². The number of sulfone groups is 1. The Morgan fingerprint density at radius 2 is 0.793 bits per heavy atom. The average molecular weight is 526 g/mol. The van der Waals surface area contributed by atoms with E-state index in [2.05, 4.69) is 0 Å². The molecule has 0 spiro atoms. The highest BCUT2D eigenvalue weighted by molar-refractivity contribution is 7.91. The Kier molecular flexibility index (Phi) is 8.67. The lowest BCUT2D eigenvalue weighted by atomic mass is 10.1. The van der Waals surface area contributed by atoms with Crippen molar-refractivity contribution in [3.8, 4) is 0 Å². The lowest BCUT2D eigenvalue weighted by Crippen LogP contribution is -2.52. The molecule has 0 aromatic rings. The summed E-state index contributed by atoms with van der Waals surface area (Å²) < 4.78 is 69.7. The molecule has 0 bridgehead atoms. The van der Waals surface area contributed by atoms with Gasteiger partial charge in [0.15, 0.2) is 9.84 Å². The fourth-order valence-electron chi connectivity index (χ4n) is 2.96. The van der Waals surface area contributed by atoms with Crippen LogP contribution in [-0.4, -0.2) is 106 Å². The van der Waals surface area contributed by atoms with Gasteiger partial charge in [-0.1, -0.05) is 0 Å². The van der Waals surface area contributed by atoms with Gasteiger partial charge in [-0.3, -0.25) is 28.1 Å². The molecule has 21 heteroatoms. The first-order chi connectivity index (χ1) is 12.6. The third-order valence-electron chi connectivity index (χ3n) is 3.70. The van der Waals surface area contributed by atoms with E-state index < -0.39 is 89.0 Å². The molecule has 1 saturated heterocycles. The minimum atomic E-state index is -4.98. The molecule has 1 aliphatic rings. The zero-order chi connectivity index (χ0) is 23.1. The van der Waals surface area contributed by atoms with Crippen molar-refractivity contribution in [3.05, 3.63) is 0 Å². The van der Waals surface area contributed by atoms with Gasteiger partial charge in [0.25, 0.3) is 0 Å². The number of rotatable bonds is 10. The van der Waals surface area contributed by atoms with Crippen LogP contribution in [0.25, 0.3) is 0 Å². The summed E-state index contributed by atoms with van der Waals surface area (Å²) >= 11 is 0. The molecule has 1 fully saturated rings. The molecule has 2 atom stereocenters. The van der Waals surface area contributed by atoms with E-state index in [9.17, 15) is 65.8 Å². The maximum absolute atomic E-state index is 12.1. The highest BCUT2D eigenvalue weighted by Gasteiger charge is 2.48. The number of hydrogen-bond acceptors (Lipinski definition) is 8. The third-order valence-corrected chi connectivity index (χ3v) is 8.32. The van der Waals surface area contributed by atoms with Crippen molar-refractivity contribution in [3.63, 3.8) is 0 Å². The predicted octanol–water partition coefficient (Wildman–Crippen LogP) is -2.70. The predicted molar refractivity (Wildman–Crippen MR) is 97.6 cm³/mol. The van der Waals surface area contributed by atoms with Crippen molar-refractivity contribution < 1.29 is 65.8 Å². The molecule has 8 N–H and O–H groups in total. The van der Waals surface area contributed by atoms with Gasteiger partial charge in [-0.05, 0) is 0 Å². The largest absolute Gasteiger partial charge is 0.339 e. The molecule has 0 aromatic carbocycles. The molecule has 1 heterocycles. The summed E-state index contributed by atoms with van der Waals surface area (Å²) in [5.74, 6) is -1.81. The van der Waals surface area contributed by atoms with Gasteiger partial charge in [0.1, 0.15) is 25.1 Å². The van der Waals surface area contributed by atoms with E-state index in [1.165, 1.54) is 0 Å². The van der Waals surface area contributed by atoms with E-state index in [0.717, 1.165) is 0 Å². The summed E-state index contributed by atoms with van der Waals surface area (Å²) in [4.78, 5) is 74.3. The van der Waals surface area contributed by atoms with Crippen LogP contribution in [0.1, 0.15) is 0 Å². The molecule has 174 valence electrons. The van der Waals surface area contributed by atoms with E-state index >= 15 is 0 Å². The van der Waals surface area contributed by atoms with E-state index in [4.69, 9.17) is 0 Å². The highest BCUT2D eigenvalue weighted by atomic mass is 32.2. The molecule has 0 radical (unpaired) electrons. The Bertz CT molecular complexity index is 769. The standard InChI is InChI=1S/C8H22N2O14P4S/c11-25(12,13)3-9(4-26(14,15)16)7-1-29(23,24)2-8(7)10(5-27(17,18)19)6-28(20,21)22/h7-8H,1-6H2,(H2,11,12,13)(H2,14,15,16)(H2,17,18,19)(H2,20,21,22). The Balaban J connectivity index is 3.43. The van der Waals surface area contributed by atoms with Crippen LogP contribution in [0.5, 0.6) is 0 Å². The quantitative estimate of drug-likeness (QED) is 0.134. The summed E-state index contributed by atoms with van der Waals surface area (Å²) in [6.45, 7) is 0. The molecule has 1 rings (SSSR count). The minimum absolute atomic E-state index is 0.461. The van der Waals surface area contributed by atoms with Gasteiger partial charge in [-0.25, -0.2) is 8.42 Å². The van der Waals surface area contributed by atoms with Crippen molar-refractivity contribution >= 4 is 40.2 Å². The van der Waals surface area contributed by atoms with Crippen LogP contribution >= 0.6 is 30.4 Å². The maximum atomic E-state index is 12.1. The molecular weight excluding hydrogens is 504 g/mol. The molecule has 16 nitrogen and oxygen atoms in total. The number of nitrogens with zero attached hydrogens (tertiary/aromatic N) is 2. The fourth-order valence-corrected chi connectivity index (χ4v) is 8.45. The van der Waals surface area contributed by atoms with Crippen molar-refractivity contribution in [2.75, 3.05) is 36.6 Å². The lowest BCUT2D eigenvalue weighted by molar-refractivity contribution is 0.138. The van der Waals surface area contributed by atoms with Crippen molar-refractivity contribution in [2.45, 2.75) is 12.1 Å². The van der Waals surface area contributed by atoms with Crippen molar-refractivity contribution in [1.82, 2.24) is 9.80 Å². The van der Waals surface area contributed by atoms with Crippen LogP contribution in [0.15, 0.2) is 0 Å². The second-order valence-corrected chi connectivity index (χ2v) is 15.2. The van der Waals surface area contributed by atoms with Crippen molar-refractivity contribution in [2.24, 2.45) is 0 Å². The van der Waals surface area contributed by atoms with Gasteiger partial charge in [0, 0.05) is 12.1 Å². The lowest BCUT2D eigenvalue weighted by Gasteiger charge is -2.37. The summed E-state index contributed by atoms with van der Waals surface area (Å²) in [6, 6.07) is -3.23. The van der Waals surface area contributed by atoms with Crippen LogP contribution in [0, 0.1) is 0 Å². The highest BCUT2D eigenvalue weighted by Crippen LogP contribution is 2.46. The number of hydrogen-bond donors (Lipinski definition) is 8. The second-order valence-electron chi connectivity index (χ2n) is 6.61. The van der Waals surface area contributed by atoms with E-state index in [0.29, 0.717) is 9.80 Å². The first-order valence-electron chi connectivity index (χ1n) is 7.44. The first-order valence-corrected chi connectivity index (χ1v) is 16.4. The molecule has 29 heavy (non-hydrogen) atoms. The van der Waals surface area contributed by atoms with Gasteiger partial charge in [-0.15, -0.1) is 0 Å². The monoisotopic (exact) mass is 526 g/mol. The van der Waals surface area contributed by atoms with Crippen molar-refractivity contribution in [1.29, 1.82) is 0 Å². The molecule has 1 aliphatic heterocycles. The Morgan fingerprint density at radius 1 is 0.586 bits per heavy atom. The van der Waals surface area contributed by atoms with E-state index in [1.54, 1.807) is 0 Å². The van der Waals surface area contributed by atoms with Gasteiger partial charge < -0.3 is 39.1 Å². The molecule has 0 aliphatic carbocycles. The second kappa shape index (κ2) is 9.14. The smallest absolute Gasteiger partial charge is 0.324 e. The third kappa shape index (κ3) is 11.1. The van der Waals surface area contributed by atoms with Crippen LogP contribution in [0.2, 0.25) is 0 Å². The van der Waals surface area contributed by atoms with Crippen LogP contribution in [0.4, 0.5) is 0 Å². The zero-order valence-electron chi connectivity index (χ0n) is 14.5. The molecule has 0 saturated carbocycles. The molecule has 2 unspecified atom stereocenters. The summed E-state index contributed by atoms with van der Waals surface area (Å²) in [6.07, 6.45) is -5.19. The average Bonchev–Trinajstić information content (AvgIpc) is 2.66. The van der Waals surface area contributed by atoms with Crippen LogP contribution < -0.4 is 0 Å². The van der Waals surface area contributed by atoms with Gasteiger partial charge >= 0.3 is 30.4 Å². The Hall–Kier alpha value is 0.470. The van der Waals surface area contributed by atoms with Gasteiger partial charge in [0.05, 0.1) is 11.5 Å². The van der Waals surface area contributed by atoms with Crippen LogP contribution in [-0.2, 0) is 28.1 Å². The van der Waals surface area contributed by atoms with E-state index in [-0.39, 0.29) is 0 Å². The Morgan fingerprint density at radius 3 is 0.966 bits per heavy atom. The topological polar surface area (TPSA) is 271 Å². The maximum Gasteiger partial charge on any atom is 0.339 e. The zero-order valence-corrected chi connectivity index (χ0v) is 18.9. The Labute approximate surface area is 165 Å².